The summed E-state index contributed by atoms with van der Waals surface area (Å²) in [5.74, 6) is -0.839. The molecule has 0 aliphatic heterocycles. The van der Waals surface area contributed by atoms with Crippen LogP contribution in [0.25, 0.3) is 11.1 Å². The molecule has 2 aromatic carbocycles. The molecule has 0 radical (unpaired) electrons. The van der Waals surface area contributed by atoms with Gasteiger partial charge in [0.25, 0.3) is 0 Å². The maximum absolute atomic E-state index is 12.7. The fraction of sp³-hybridized carbons (Fsp3) is 0.261. The molecule has 0 aliphatic carbocycles. The number of alkyl halides is 2. The third-order valence-electron chi connectivity index (χ3n) is 4.84. The summed E-state index contributed by atoms with van der Waals surface area (Å²) in [5.41, 5.74) is 1.20. The number of pyridine rings is 1. The Hall–Kier alpha value is -3.80. The van der Waals surface area contributed by atoms with Crippen LogP contribution in [0.5, 0.6) is 11.5 Å². The summed E-state index contributed by atoms with van der Waals surface area (Å²) in [6, 6.07) is 13.2. The first-order chi connectivity index (χ1) is 16.6. The second-order valence-corrected chi connectivity index (χ2v) is 9.71. The molecule has 1 unspecified atom stereocenters. The molecule has 0 amide bonds. The van der Waals surface area contributed by atoms with Gasteiger partial charge in [0.1, 0.15) is 9.84 Å². The molecule has 0 saturated carbocycles. The molecular formula is C23H23F2N3O6S. The molecule has 0 aliphatic rings. The fourth-order valence-electron chi connectivity index (χ4n) is 3.38. The van der Waals surface area contributed by atoms with E-state index in [1.807, 2.05) is 6.07 Å². The number of aromatic nitrogens is 1. The van der Waals surface area contributed by atoms with Crippen molar-refractivity contribution in [3.05, 3.63) is 76.5 Å². The number of hydrogen-bond donors (Lipinski definition) is 1. The first kappa shape index (κ1) is 25.8. The van der Waals surface area contributed by atoms with Crippen molar-refractivity contribution in [3.63, 3.8) is 0 Å². The normalized spacial score (nSPS) is 12.3. The van der Waals surface area contributed by atoms with Crippen LogP contribution in [-0.2, 0) is 9.84 Å². The van der Waals surface area contributed by atoms with Crippen molar-refractivity contribution in [1.82, 2.24) is 4.98 Å². The molecule has 3 rings (SSSR count). The van der Waals surface area contributed by atoms with Crippen molar-refractivity contribution in [2.45, 2.75) is 19.6 Å². The number of nitrogens with one attached hydrogen (secondary N) is 1. The number of nitro groups is 1. The molecule has 0 fully saturated rings. The molecule has 0 bridgehead atoms. The monoisotopic (exact) mass is 507 g/mol. The van der Waals surface area contributed by atoms with E-state index in [1.54, 1.807) is 31.2 Å². The van der Waals surface area contributed by atoms with Crippen LogP contribution in [0.1, 0.15) is 18.5 Å². The Labute approximate surface area is 200 Å². The molecule has 186 valence electrons. The van der Waals surface area contributed by atoms with Crippen LogP contribution >= 0.6 is 0 Å². The highest BCUT2D eigenvalue weighted by atomic mass is 32.2. The van der Waals surface area contributed by atoms with E-state index in [1.165, 1.54) is 30.5 Å². The summed E-state index contributed by atoms with van der Waals surface area (Å²) in [7, 11) is -3.58. The number of sulfone groups is 1. The van der Waals surface area contributed by atoms with Gasteiger partial charge in [-0.05, 0) is 30.2 Å². The Morgan fingerprint density at radius 3 is 2.40 bits per heavy atom. The van der Waals surface area contributed by atoms with Crippen molar-refractivity contribution >= 4 is 21.3 Å². The average Bonchev–Trinajstić information content (AvgIpc) is 2.79. The maximum Gasteiger partial charge on any atom is 0.387 e. The lowest BCUT2D eigenvalue weighted by Crippen LogP contribution is -2.22. The second-order valence-electron chi connectivity index (χ2n) is 7.52. The van der Waals surface area contributed by atoms with Crippen LogP contribution in [0, 0.1) is 10.1 Å². The number of rotatable bonds is 11. The van der Waals surface area contributed by atoms with Crippen molar-refractivity contribution in [3.8, 4) is 22.6 Å². The highest BCUT2D eigenvalue weighted by Gasteiger charge is 2.25. The van der Waals surface area contributed by atoms with Gasteiger partial charge in [-0.25, -0.2) is 13.4 Å². The Bertz CT molecular complexity index is 1290. The molecule has 12 heteroatoms. The Kier molecular flexibility index (Phi) is 8.18. The summed E-state index contributed by atoms with van der Waals surface area (Å²) in [4.78, 5) is 15.4. The zero-order valence-electron chi connectivity index (χ0n) is 18.9. The minimum Gasteiger partial charge on any atom is -0.490 e. The molecule has 0 spiro atoms. The number of anilines is 1. The van der Waals surface area contributed by atoms with Crippen molar-refractivity contribution in [2.75, 3.05) is 23.9 Å². The maximum atomic E-state index is 12.7. The topological polar surface area (TPSA) is 121 Å². The summed E-state index contributed by atoms with van der Waals surface area (Å²) < 4.78 is 59.6. The van der Waals surface area contributed by atoms with Crippen molar-refractivity contribution < 1.29 is 31.6 Å². The van der Waals surface area contributed by atoms with E-state index in [9.17, 15) is 27.3 Å². The molecular weight excluding hydrogens is 484 g/mol. The molecule has 1 N–H and O–H groups in total. The fourth-order valence-corrected chi connectivity index (χ4v) is 4.27. The molecule has 1 atom stereocenters. The predicted molar refractivity (Wildman–Crippen MR) is 127 cm³/mol. The van der Waals surface area contributed by atoms with Crippen LogP contribution in [0.3, 0.4) is 0 Å². The number of benzene rings is 2. The van der Waals surface area contributed by atoms with Gasteiger partial charge in [0, 0.05) is 24.1 Å². The van der Waals surface area contributed by atoms with Gasteiger partial charge in [0.05, 0.1) is 23.3 Å². The van der Waals surface area contributed by atoms with Gasteiger partial charge < -0.3 is 14.8 Å². The van der Waals surface area contributed by atoms with Crippen LogP contribution < -0.4 is 14.8 Å². The van der Waals surface area contributed by atoms with Gasteiger partial charge in [-0.2, -0.15) is 8.78 Å². The van der Waals surface area contributed by atoms with Crippen LogP contribution in [0.4, 0.5) is 20.3 Å². The van der Waals surface area contributed by atoms with E-state index >= 15 is 0 Å². The van der Waals surface area contributed by atoms with E-state index in [-0.39, 0.29) is 29.6 Å². The van der Waals surface area contributed by atoms with E-state index < -0.39 is 33.2 Å². The summed E-state index contributed by atoms with van der Waals surface area (Å²) in [6.07, 6.45) is 2.45. The number of halogens is 2. The van der Waals surface area contributed by atoms with Gasteiger partial charge in [-0.15, -0.1) is 0 Å². The van der Waals surface area contributed by atoms with Crippen LogP contribution in [-0.4, -0.2) is 43.6 Å². The number of hydrogen-bond acceptors (Lipinski definition) is 8. The van der Waals surface area contributed by atoms with E-state index in [0.717, 1.165) is 11.8 Å². The highest BCUT2D eigenvalue weighted by molar-refractivity contribution is 7.90. The minimum atomic E-state index is -3.58. The SMILES string of the molecule is CCOc1cc(C(CS(C)(=O)=O)Nc2ncc(-c3ccccc3)cc2[N+](=O)[O-])ccc1OC(F)F. The molecule has 35 heavy (non-hydrogen) atoms. The third kappa shape index (κ3) is 7.09. The van der Waals surface area contributed by atoms with Gasteiger partial charge in [-0.1, -0.05) is 36.4 Å². The first-order valence-electron chi connectivity index (χ1n) is 10.4. The second kappa shape index (κ2) is 11.1. The van der Waals surface area contributed by atoms with Crippen LogP contribution in [0.15, 0.2) is 60.8 Å². The Morgan fingerprint density at radius 1 is 1.09 bits per heavy atom. The van der Waals surface area contributed by atoms with E-state index in [4.69, 9.17) is 4.74 Å². The van der Waals surface area contributed by atoms with E-state index in [0.29, 0.717) is 11.1 Å². The lowest BCUT2D eigenvalue weighted by molar-refractivity contribution is -0.384. The first-order valence-corrected chi connectivity index (χ1v) is 12.5. The molecule has 1 aromatic heterocycles. The summed E-state index contributed by atoms with van der Waals surface area (Å²) >= 11 is 0. The standard InChI is InChI=1S/C23H23F2N3O6S/c1-3-33-21-12-16(9-10-20(21)34-23(24)25)18(14-35(2,31)32)27-22-19(28(29)30)11-17(13-26-22)15-7-5-4-6-8-15/h4-13,18,23H,3,14H2,1-2H3,(H,26,27). The smallest absolute Gasteiger partial charge is 0.387 e. The number of nitrogens with zero attached hydrogens (tertiary/aromatic N) is 2. The van der Waals surface area contributed by atoms with Gasteiger partial charge in [0.2, 0.25) is 5.82 Å². The summed E-state index contributed by atoms with van der Waals surface area (Å²) in [6.45, 7) is -1.30. The highest BCUT2D eigenvalue weighted by Crippen LogP contribution is 2.35. The lowest BCUT2D eigenvalue weighted by Gasteiger charge is -2.21. The Morgan fingerprint density at radius 2 is 1.80 bits per heavy atom. The largest absolute Gasteiger partial charge is 0.490 e. The predicted octanol–water partition coefficient (Wildman–Crippen LogP) is 4.85. The molecule has 9 nitrogen and oxygen atoms in total. The Balaban J connectivity index is 2.03. The van der Waals surface area contributed by atoms with E-state index in [2.05, 4.69) is 15.0 Å². The summed E-state index contributed by atoms with van der Waals surface area (Å²) in [5, 5.41) is 14.6. The third-order valence-corrected chi connectivity index (χ3v) is 5.78. The van der Waals surface area contributed by atoms with Crippen LogP contribution in [0.2, 0.25) is 0 Å². The molecule has 0 saturated heterocycles. The average molecular weight is 508 g/mol. The quantitative estimate of drug-likeness (QED) is 0.289. The van der Waals surface area contributed by atoms with Crippen molar-refractivity contribution in [2.24, 2.45) is 0 Å². The van der Waals surface area contributed by atoms with Gasteiger partial charge >= 0.3 is 12.3 Å². The van der Waals surface area contributed by atoms with Gasteiger partial charge in [0.15, 0.2) is 11.5 Å². The molecule has 3 aromatic rings. The zero-order valence-corrected chi connectivity index (χ0v) is 19.7. The number of ether oxygens (including phenoxy) is 2. The van der Waals surface area contributed by atoms with Gasteiger partial charge in [-0.3, -0.25) is 10.1 Å². The minimum absolute atomic E-state index is 0.0208. The lowest BCUT2D eigenvalue weighted by atomic mass is 10.1. The van der Waals surface area contributed by atoms with Crippen molar-refractivity contribution in [1.29, 1.82) is 0 Å². The molecule has 1 heterocycles. The zero-order chi connectivity index (χ0) is 25.6.